The second-order valence-electron chi connectivity index (χ2n) is 6.50. The van der Waals surface area contributed by atoms with E-state index in [4.69, 9.17) is 5.11 Å². The summed E-state index contributed by atoms with van der Waals surface area (Å²) < 4.78 is 0. The lowest BCUT2D eigenvalue weighted by molar-refractivity contribution is -0.124. The van der Waals surface area contributed by atoms with Gasteiger partial charge in [0.1, 0.15) is 17.1 Å². The SMILES string of the molecule is O=C(O)c1cccc(C[C@H](CC(=O)C2CCCCC2)B(O)O)c1O. The molecule has 0 radical (unpaired) electrons. The molecule has 2 rings (SSSR count). The summed E-state index contributed by atoms with van der Waals surface area (Å²) >= 11 is 0. The molecule has 6 nitrogen and oxygen atoms in total. The van der Waals surface area contributed by atoms with Crippen LogP contribution in [0.1, 0.15) is 54.4 Å². The second kappa shape index (κ2) is 8.30. The first-order chi connectivity index (χ1) is 11.4. The quantitative estimate of drug-likeness (QED) is 0.567. The highest BCUT2D eigenvalue weighted by Gasteiger charge is 2.31. The predicted octanol–water partition coefficient (Wildman–Crippen LogP) is 2.02. The van der Waals surface area contributed by atoms with Crippen molar-refractivity contribution < 1.29 is 29.9 Å². The Balaban J connectivity index is 2.10. The maximum Gasteiger partial charge on any atom is 0.455 e. The van der Waals surface area contributed by atoms with E-state index in [-0.39, 0.29) is 35.9 Å². The Morgan fingerprint density at radius 3 is 2.42 bits per heavy atom. The van der Waals surface area contributed by atoms with E-state index in [0.717, 1.165) is 32.1 Å². The number of ketones is 1. The van der Waals surface area contributed by atoms with Crippen LogP contribution in [0.25, 0.3) is 0 Å². The fraction of sp³-hybridized carbons (Fsp3) is 0.529. The Labute approximate surface area is 141 Å². The Kier molecular flexibility index (Phi) is 6.40. The van der Waals surface area contributed by atoms with Crippen LogP contribution in [0.2, 0.25) is 5.82 Å². The number of hydrogen-bond donors (Lipinski definition) is 4. The summed E-state index contributed by atoms with van der Waals surface area (Å²) in [6, 6.07) is 4.29. The van der Waals surface area contributed by atoms with Crippen LogP contribution in [0.4, 0.5) is 0 Å². The van der Waals surface area contributed by atoms with Crippen LogP contribution in [0.3, 0.4) is 0 Å². The summed E-state index contributed by atoms with van der Waals surface area (Å²) in [7, 11) is -1.70. The molecular weight excluding hydrogens is 311 g/mol. The van der Waals surface area contributed by atoms with Crippen molar-refractivity contribution in [3.05, 3.63) is 29.3 Å². The van der Waals surface area contributed by atoms with Gasteiger partial charge in [-0.05, 0) is 30.9 Å². The zero-order valence-electron chi connectivity index (χ0n) is 13.5. The monoisotopic (exact) mass is 334 g/mol. The van der Waals surface area contributed by atoms with Gasteiger partial charge in [0.05, 0.1) is 0 Å². The van der Waals surface area contributed by atoms with E-state index in [2.05, 4.69) is 0 Å². The smallest absolute Gasteiger partial charge is 0.455 e. The van der Waals surface area contributed by atoms with Crippen molar-refractivity contribution in [1.82, 2.24) is 0 Å². The minimum atomic E-state index is -1.70. The fourth-order valence-corrected chi connectivity index (χ4v) is 3.34. The number of Topliss-reactive ketones (excluding diaryl/α,β-unsaturated/α-hetero) is 1. The van der Waals surface area contributed by atoms with Crippen molar-refractivity contribution >= 4 is 18.9 Å². The normalized spacial score (nSPS) is 16.6. The minimum Gasteiger partial charge on any atom is -0.507 e. The molecule has 0 unspecified atom stereocenters. The van der Waals surface area contributed by atoms with Gasteiger partial charge in [-0.3, -0.25) is 4.79 Å². The van der Waals surface area contributed by atoms with Crippen LogP contribution in [-0.4, -0.2) is 39.1 Å². The van der Waals surface area contributed by atoms with E-state index in [0.29, 0.717) is 5.56 Å². The number of carbonyl (C=O) groups excluding carboxylic acids is 1. The molecule has 4 N–H and O–H groups in total. The van der Waals surface area contributed by atoms with Gasteiger partial charge in [-0.2, -0.15) is 0 Å². The molecule has 1 saturated carbocycles. The number of para-hydroxylation sites is 1. The third kappa shape index (κ3) is 4.58. The molecule has 24 heavy (non-hydrogen) atoms. The number of carboxylic acid groups (broad SMARTS) is 1. The molecule has 0 heterocycles. The van der Waals surface area contributed by atoms with Crippen LogP contribution in [-0.2, 0) is 11.2 Å². The van der Waals surface area contributed by atoms with Gasteiger partial charge >= 0.3 is 13.1 Å². The average Bonchev–Trinajstić information content (AvgIpc) is 2.56. The molecule has 1 aliphatic carbocycles. The number of aromatic hydroxyl groups is 1. The second-order valence-corrected chi connectivity index (χ2v) is 6.50. The molecule has 130 valence electrons. The Morgan fingerprint density at radius 1 is 1.17 bits per heavy atom. The van der Waals surface area contributed by atoms with Crippen molar-refractivity contribution in [2.24, 2.45) is 5.92 Å². The molecule has 0 saturated heterocycles. The molecule has 0 aliphatic heterocycles. The summed E-state index contributed by atoms with van der Waals surface area (Å²) in [6.07, 6.45) is 4.89. The molecule has 1 fully saturated rings. The molecule has 0 spiro atoms. The summed E-state index contributed by atoms with van der Waals surface area (Å²) in [6.45, 7) is 0. The van der Waals surface area contributed by atoms with Crippen molar-refractivity contribution in [3.63, 3.8) is 0 Å². The first kappa shape index (κ1) is 18.5. The molecular formula is C17H23BO6. The lowest BCUT2D eigenvalue weighted by Crippen LogP contribution is -2.28. The third-order valence-electron chi connectivity index (χ3n) is 4.78. The van der Waals surface area contributed by atoms with Gasteiger partial charge in [0.15, 0.2) is 0 Å². The average molecular weight is 334 g/mol. The van der Waals surface area contributed by atoms with Crippen LogP contribution < -0.4 is 0 Å². The van der Waals surface area contributed by atoms with Crippen molar-refractivity contribution in [2.75, 3.05) is 0 Å². The highest BCUT2D eigenvalue weighted by atomic mass is 16.4. The third-order valence-corrected chi connectivity index (χ3v) is 4.78. The van der Waals surface area contributed by atoms with Gasteiger partial charge < -0.3 is 20.3 Å². The molecule has 1 aliphatic rings. The topological polar surface area (TPSA) is 115 Å². The number of carboxylic acids is 1. The first-order valence-corrected chi connectivity index (χ1v) is 8.33. The fourth-order valence-electron chi connectivity index (χ4n) is 3.34. The van der Waals surface area contributed by atoms with E-state index in [1.807, 2.05) is 0 Å². The zero-order chi connectivity index (χ0) is 17.7. The summed E-state index contributed by atoms with van der Waals surface area (Å²) in [5.74, 6) is -2.43. The molecule has 7 heteroatoms. The largest absolute Gasteiger partial charge is 0.507 e. The van der Waals surface area contributed by atoms with E-state index in [1.54, 1.807) is 0 Å². The number of benzene rings is 1. The number of phenols is 1. The van der Waals surface area contributed by atoms with Crippen LogP contribution in [0, 0.1) is 5.92 Å². The molecule has 0 aromatic heterocycles. The number of hydrogen-bond acceptors (Lipinski definition) is 5. The molecule has 1 atom stereocenters. The number of aromatic carboxylic acids is 1. The molecule has 1 aromatic rings. The van der Waals surface area contributed by atoms with Gasteiger partial charge in [0.2, 0.25) is 0 Å². The summed E-state index contributed by atoms with van der Waals surface area (Å²) in [5.41, 5.74) is 0.0572. The van der Waals surface area contributed by atoms with Crippen LogP contribution in [0.15, 0.2) is 18.2 Å². The Morgan fingerprint density at radius 2 is 1.83 bits per heavy atom. The lowest BCUT2D eigenvalue weighted by atomic mass is 9.65. The lowest BCUT2D eigenvalue weighted by Gasteiger charge is -2.23. The predicted molar refractivity (Wildman–Crippen MR) is 88.9 cm³/mol. The van der Waals surface area contributed by atoms with E-state index >= 15 is 0 Å². The highest BCUT2D eigenvalue weighted by Crippen LogP contribution is 2.32. The molecule has 0 amide bonds. The van der Waals surface area contributed by atoms with E-state index < -0.39 is 18.9 Å². The molecule has 0 bridgehead atoms. The van der Waals surface area contributed by atoms with Crippen molar-refractivity contribution in [1.29, 1.82) is 0 Å². The Hall–Kier alpha value is -1.86. The summed E-state index contributed by atoms with van der Waals surface area (Å²) in [4.78, 5) is 23.4. The van der Waals surface area contributed by atoms with E-state index in [9.17, 15) is 24.7 Å². The van der Waals surface area contributed by atoms with Gasteiger partial charge in [0.25, 0.3) is 0 Å². The van der Waals surface area contributed by atoms with Gasteiger partial charge in [-0.15, -0.1) is 0 Å². The van der Waals surface area contributed by atoms with Crippen LogP contribution >= 0.6 is 0 Å². The van der Waals surface area contributed by atoms with Gasteiger partial charge in [0, 0.05) is 18.2 Å². The van der Waals surface area contributed by atoms with Crippen molar-refractivity contribution in [3.8, 4) is 5.75 Å². The maximum absolute atomic E-state index is 12.4. The Bertz CT molecular complexity index is 595. The van der Waals surface area contributed by atoms with Crippen LogP contribution in [0.5, 0.6) is 5.75 Å². The zero-order valence-corrected chi connectivity index (χ0v) is 13.5. The maximum atomic E-state index is 12.4. The number of rotatable bonds is 7. The highest BCUT2D eigenvalue weighted by molar-refractivity contribution is 6.43. The van der Waals surface area contributed by atoms with Gasteiger partial charge in [-0.1, -0.05) is 31.4 Å². The number of carbonyl (C=O) groups is 2. The van der Waals surface area contributed by atoms with E-state index in [1.165, 1.54) is 18.2 Å². The van der Waals surface area contributed by atoms with Gasteiger partial charge in [-0.25, -0.2) is 4.79 Å². The first-order valence-electron chi connectivity index (χ1n) is 8.33. The molecule has 1 aromatic carbocycles. The summed E-state index contributed by atoms with van der Waals surface area (Å²) in [5, 5.41) is 38.3. The van der Waals surface area contributed by atoms with Crippen molar-refractivity contribution in [2.45, 2.75) is 50.8 Å². The standard InChI is InChI=1S/C17H23BO6/c19-15(11-5-2-1-3-6-11)10-13(18(23)24)9-12-7-4-8-14(16(12)20)17(21)22/h4,7-8,11,13,20,23-24H,1-3,5-6,9-10H2,(H,21,22)/t13-/m1/s1. The minimum absolute atomic E-state index is 0.0130.